The number of carbonyl (C=O) groups is 4. The number of likely N-dealkylation sites (tertiary alicyclic amines) is 1. The molecular weight excluding hydrogens is 594 g/mol. The normalized spacial score (nSPS) is 28.1. The lowest BCUT2D eigenvalue weighted by Gasteiger charge is -2.50. The Balaban J connectivity index is 1.45. The summed E-state index contributed by atoms with van der Waals surface area (Å²) in [6, 6.07) is 22.0. The predicted molar refractivity (Wildman–Crippen MR) is 175 cm³/mol. The number of hydrogen-bond acceptors (Lipinski definition) is 7. The van der Waals surface area contributed by atoms with Crippen molar-refractivity contribution >= 4 is 29.3 Å². The van der Waals surface area contributed by atoms with Crippen molar-refractivity contribution in [2.45, 2.75) is 51.4 Å². The summed E-state index contributed by atoms with van der Waals surface area (Å²) in [6.07, 6.45) is 3.31. The van der Waals surface area contributed by atoms with Gasteiger partial charge in [-0.1, -0.05) is 72.7 Å². The summed E-state index contributed by atoms with van der Waals surface area (Å²) >= 11 is 0. The van der Waals surface area contributed by atoms with Crippen LogP contribution in [0.15, 0.2) is 84.4 Å². The maximum atomic E-state index is 15.2. The molecule has 2 aliphatic heterocycles. The molecule has 4 aliphatic rings. The topological polar surface area (TPSA) is 116 Å². The van der Waals surface area contributed by atoms with Gasteiger partial charge in [0.1, 0.15) is 0 Å². The quantitative estimate of drug-likeness (QED) is 0.249. The van der Waals surface area contributed by atoms with E-state index >= 15 is 4.79 Å². The number of anilines is 1. The Labute approximate surface area is 274 Å². The Hall–Kier alpha value is -4.92. The van der Waals surface area contributed by atoms with E-state index < -0.39 is 40.9 Å². The number of hydrogen-bond donors (Lipinski definition) is 2. The fourth-order valence-electron chi connectivity index (χ4n) is 8.61. The average molecular weight is 634 g/mol. The van der Waals surface area contributed by atoms with Gasteiger partial charge in [-0.25, -0.2) is 0 Å². The number of aromatic hydroxyl groups is 1. The van der Waals surface area contributed by atoms with E-state index in [-0.39, 0.29) is 35.6 Å². The standard InChI is InChI=1S/C38H39N3O6/c1-4-19-40-34(43)27-17-16-26-28(32(27)36(40)45)21-29-35(44)41(39-25-14-11-22(3)12-15-25)37(46)38(29,24-9-7-6-8-10-24)33(26)23-13-18-30(42)31(20-23)47-5-2/h6-16,18,20,27-29,32-33,39,42H,4-5,17,19,21H2,1-3H3/t27-,28+,29-,32-,33-,38+/m0/s1. The molecule has 2 aliphatic carbocycles. The fraction of sp³-hybridized carbons (Fsp3) is 0.368. The van der Waals surface area contributed by atoms with Gasteiger partial charge in [-0.05, 0) is 74.4 Å². The molecule has 0 spiro atoms. The number of benzene rings is 3. The molecule has 9 nitrogen and oxygen atoms in total. The molecule has 4 amide bonds. The van der Waals surface area contributed by atoms with Crippen LogP contribution >= 0.6 is 0 Å². The van der Waals surface area contributed by atoms with Crippen LogP contribution in [0.3, 0.4) is 0 Å². The molecule has 47 heavy (non-hydrogen) atoms. The minimum absolute atomic E-state index is 0.0331. The molecule has 1 saturated carbocycles. The van der Waals surface area contributed by atoms with Gasteiger partial charge < -0.3 is 9.84 Å². The van der Waals surface area contributed by atoms with Gasteiger partial charge in [-0.3, -0.25) is 29.5 Å². The monoisotopic (exact) mass is 633 g/mol. The van der Waals surface area contributed by atoms with Crippen molar-refractivity contribution in [3.05, 3.63) is 101 Å². The number of phenols is 1. The summed E-state index contributed by atoms with van der Waals surface area (Å²) in [6.45, 7) is 6.41. The third kappa shape index (κ3) is 4.58. The first kappa shape index (κ1) is 30.7. The maximum absolute atomic E-state index is 15.2. The first-order valence-corrected chi connectivity index (χ1v) is 16.5. The van der Waals surface area contributed by atoms with E-state index in [0.29, 0.717) is 42.8 Å². The van der Waals surface area contributed by atoms with Gasteiger partial charge in [-0.2, -0.15) is 5.01 Å². The Kier molecular flexibility index (Phi) is 7.65. The third-order valence-corrected chi connectivity index (χ3v) is 10.5. The fourth-order valence-corrected chi connectivity index (χ4v) is 8.61. The molecular formula is C38H39N3O6. The number of hydrazine groups is 1. The molecule has 0 bridgehead atoms. The molecule has 242 valence electrons. The first-order valence-electron chi connectivity index (χ1n) is 16.5. The highest BCUT2D eigenvalue weighted by Gasteiger charge is 2.70. The maximum Gasteiger partial charge on any atom is 0.260 e. The van der Waals surface area contributed by atoms with E-state index in [2.05, 4.69) is 5.43 Å². The average Bonchev–Trinajstić information content (AvgIpc) is 3.44. The van der Waals surface area contributed by atoms with E-state index in [9.17, 15) is 19.5 Å². The molecule has 3 fully saturated rings. The molecule has 0 aromatic heterocycles. The first-order chi connectivity index (χ1) is 22.7. The number of fused-ring (bicyclic) bond motifs is 4. The summed E-state index contributed by atoms with van der Waals surface area (Å²) in [5.41, 5.74) is 5.64. The SMILES string of the molecule is CCCN1C(=O)[C@H]2[C@H](CC=C3[C@H]2C[C@H]2C(=O)N(Nc4ccc(C)cc4)C(=O)[C@@]2(c2ccccc2)[C@H]3c2ccc(O)c(OCC)c2)C1=O. The van der Waals surface area contributed by atoms with Crippen LogP contribution in [-0.4, -0.2) is 51.8 Å². The summed E-state index contributed by atoms with van der Waals surface area (Å²) in [7, 11) is 0. The molecule has 0 radical (unpaired) electrons. The molecule has 7 rings (SSSR count). The van der Waals surface area contributed by atoms with Gasteiger partial charge in [0.25, 0.3) is 11.8 Å². The number of ether oxygens (including phenoxy) is 1. The number of nitrogens with zero attached hydrogens (tertiary/aromatic N) is 2. The summed E-state index contributed by atoms with van der Waals surface area (Å²) in [5.74, 6) is -3.95. The molecule has 2 N–H and O–H groups in total. The van der Waals surface area contributed by atoms with E-state index in [4.69, 9.17) is 4.74 Å². The lowest BCUT2D eigenvalue weighted by atomic mass is 9.49. The van der Waals surface area contributed by atoms with Gasteiger partial charge in [0.2, 0.25) is 11.8 Å². The van der Waals surface area contributed by atoms with Gasteiger partial charge in [0, 0.05) is 12.5 Å². The van der Waals surface area contributed by atoms with E-state index in [1.165, 1.54) is 4.90 Å². The second kappa shape index (κ2) is 11.7. The number of imide groups is 2. The number of carbonyl (C=O) groups excluding carboxylic acids is 4. The molecule has 3 aromatic rings. The molecule has 2 heterocycles. The second-order valence-corrected chi connectivity index (χ2v) is 13.1. The summed E-state index contributed by atoms with van der Waals surface area (Å²) in [5, 5.41) is 11.8. The van der Waals surface area contributed by atoms with Gasteiger partial charge in [0.05, 0.1) is 35.5 Å². The largest absolute Gasteiger partial charge is 0.504 e. The van der Waals surface area contributed by atoms with Crippen LogP contribution < -0.4 is 10.2 Å². The van der Waals surface area contributed by atoms with E-state index in [0.717, 1.165) is 16.1 Å². The van der Waals surface area contributed by atoms with E-state index in [1.54, 1.807) is 18.2 Å². The number of amides is 4. The highest BCUT2D eigenvalue weighted by molar-refractivity contribution is 6.13. The van der Waals surface area contributed by atoms with Crippen molar-refractivity contribution in [1.82, 2.24) is 9.91 Å². The zero-order valence-electron chi connectivity index (χ0n) is 26.8. The number of allylic oxidation sites excluding steroid dienone is 2. The molecule has 0 unspecified atom stereocenters. The Morgan fingerprint density at radius 2 is 1.66 bits per heavy atom. The highest BCUT2D eigenvalue weighted by atomic mass is 16.5. The molecule has 9 heteroatoms. The minimum atomic E-state index is -1.37. The van der Waals surface area contributed by atoms with Crippen LogP contribution in [-0.2, 0) is 24.6 Å². The van der Waals surface area contributed by atoms with Crippen molar-refractivity contribution in [3.63, 3.8) is 0 Å². The van der Waals surface area contributed by atoms with Crippen LogP contribution in [0.2, 0.25) is 0 Å². The van der Waals surface area contributed by atoms with Crippen molar-refractivity contribution in [3.8, 4) is 11.5 Å². The van der Waals surface area contributed by atoms with Gasteiger partial charge >= 0.3 is 0 Å². The zero-order valence-corrected chi connectivity index (χ0v) is 26.8. The summed E-state index contributed by atoms with van der Waals surface area (Å²) in [4.78, 5) is 58.7. The van der Waals surface area contributed by atoms with Crippen LogP contribution in [0.25, 0.3) is 0 Å². The van der Waals surface area contributed by atoms with Crippen LogP contribution in [0.1, 0.15) is 55.7 Å². The molecule has 6 atom stereocenters. The molecule has 2 saturated heterocycles. The van der Waals surface area contributed by atoms with Crippen LogP contribution in [0, 0.1) is 30.6 Å². The van der Waals surface area contributed by atoms with Crippen LogP contribution in [0.4, 0.5) is 5.69 Å². The van der Waals surface area contributed by atoms with Crippen molar-refractivity contribution < 1.29 is 29.0 Å². The molecule has 3 aromatic carbocycles. The third-order valence-electron chi connectivity index (χ3n) is 10.5. The number of aryl methyl sites for hydroxylation is 1. The summed E-state index contributed by atoms with van der Waals surface area (Å²) < 4.78 is 5.80. The minimum Gasteiger partial charge on any atom is -0.504 e. The predicted octanol–water partition coefficient (Wildman–Crippen LogP) is 5.49. The zero-order chi connectivity index (χ0) is 33.0. The van der Waals surface area contributed by atoms with Crippen molar-refractivity contribution in [1.29, 1.82) is 0 Å². The Bertz CT molecular complexity index is 1790. The highest BCUT2D eigenvalue weighted by Crippen LogP contribution is 2.64. The lowest BCUT2D eigenvalue weighted by Crippen LogP contribution is -2.53. The smallest absolute Gasteiger partial charge is 0.260 e. The Morgan fingerprint density at radius 1 is 0.915 bits per heavy atom. The van der Waals surface area contributed by atoms with Gasteiger partial charge in [0.15, 0.2) is 11.5 Å². The van der Waals surface area contributed by atoms with E-state index in [1.807, 2.05) is 81.4 Å². The van der Waals surface area contributed by atoms with Gasteiger partial charge in [-0.15, -0.1) is 0 Å². The van der Waals surface area contributed by atoms with Crippen LogP contribution in [0.5, 0.6) is 11.5 Å². The number of phenolic OH excluding ortho intramolecular Hbond substituents is 1. The second-order valence-electron chi connectivity index (χ2n) is 13.1. The lowest BCUT2D eigenvalue weighted by molar-refractivity contribution is -0.141. The number of rotatable bonds is 8. The Morgan fingerprint density at radius 3 is 2.36 bits per heavy atom. The van der Waals surface area contributed by atoms with Crippen molar-refractivity contribution in [2.75, 3.05) is 18.6 Å². The van der Waals surface area contributed by atoms with Crippen molar-refractivity contribution in [2.24, 2.45) is 23.7 Å². The number of nitrogens with one attached hydrogen (secondary N) is 1.